The number of allylic oxidation sites excluding steroid dienone is 5. The minimum absolute atomic E-state index is 0.0827. The van der Waals surface area contributed by atoms with E-state index in [9.17, 15) is 3.89 Å². The molecule has 0 fully saturated rings. The third-order valence-electron chi connectivity index (χ3n) is 5.53. The molecule has 0 unspecified atom stereocenters. The minimum atomic E-state index is 0.0827. The molecule has 6 heteroatoms. The molecule has 0 amide bonds. The normalized spacial score (nSPS) is 16.3. The Labute approximate surface area is 203 Å². The van der Waals surface area contributed by atoms with E-state index in [1.807, 2.05) is 37.4 Å². The predicted octanol–water partition coefficient (Wildman–Crippen LogP) is 6.65. The van der Waals surface area contributed by atoms with Crippen LogP contribution in [0.1, 0.15) is 57.4 Å². The van der Waals surface area contributed by atoms with Gasteiger partial charge in [-0.3, -0.25) is 4.98 Å². The highest BCUT2D eigenvalue weighted by Crippen LogP contribution is 2.46. The topological polar surface area (TPSA) is 49.0 Å². The van der Waals surface area contributed by atoms with Gasteiger partial charge in [0.1, 0.15) is 0 Å². The van der Waals surface area contributed by atoms with Gasteiger partial charge in [0.15, 0.2) is 0 Å². The van der Waals surface area contributed by atoms with Crippen molar-refractivity contribution in [3.05, 3.63) is 89.2 Å². The molecule has 1 aliphatic carbocycles. The smallest absolute Gasteiger partial charge is 0.0816 e. The molecule has 3 N–H and O–H groups in total. The molecular weight excluding hydrogens is 431 g/mol. The van der Waals surface area contributed by atoms with E-state index in [0.29, 0.717) is 17.1 Å². The van der Waals surface area contributed by atoms with Crippen molar-refractivity contribution in [3.8, 4) is 0 Å². The predicted molar refractivity (Wildman–Crippen MR) is 143 cm³/mol. The van der Waals surface area contributed by atoms with Gasteiger partial charge in [0.25, 0.3) is 0 Å². The lowest BCUT2D eigenvalue weighted by Crippen LogP contribution is -2.24. The molecule has 0 radical (unpaired) electrons. The lowest BCUT2D eigenvalue weighted by Gasteiger charge is -2.17. The number of nitrogens with one attached hydrogen (secondary N) is 3. The summed E-state index contributed by atoms with van der Waals surface area (Å²) in [5.74, 6) is 0. The van der Waals surface area contributed by atoms with E-state index >= 15 is 0 Å². The van der Waals surface area contributed by atoms with Gasteiger partial charge in [0.2, 0.25) is 0 Å². The van der Waals surface area contributed by atoms with Crippen LogP contribution < -0.4 is 16.0 Å². The van der Waals surface area contributed by atoms with E-state index in [1.165, 1.54) is 0 Å². The number of rotatable bonds is 13. The van der Waals surface area contributed by atoms with E-state index in [2.05, 4.69) is 54.9 Å². The SMILES string of the molecule is C=CN/C=C(\C=C/C)c1ccnc(/C=C(\SF)C2=C(NCCNC=C)CC(C)(C)C2)c1CC. The van der Waals surface area contributed by atoms with Crippen LogP contribution in [0.3, 0.4) is 0 Å². The molecule has 178 valence electrons. The average molecular weight is 469 g/mol. The second kappa shape index (κ2) is 13.1. The fraction of sp³-hybridized carbons (Fsp3) is 0.370. The molecule has 1 aromatic rings. The highest BCUT2D eigenvalue weighted by atomic mass is 32.2. The van der Waals surface area contributed by atoms with Gasteiger partial charge in [-0.1, -0.05) is 46.1 Å². The first-order chi connectivity index (χ1) is 15.9. The first-order valence-electron chi connectivity index (χ1n) is 11.4. The molecular formula is C27H37FN4S. The molecule has 0 atom stereocenters. The molecule has 0 saturated carbocycles. The van der Waals surface area contributed by atoms with Crippen LogP contribution in [0.15, 0.2) is 72.3 Å². The molecule has 1 aliphatic rings. The van der Waals surface area contributed by atoms with Gasteiger partial charge in [0.05, 0.1) is 17.8 Å². The van der Waals surface area contributed by atoms with Crippen molar-refractivity contribution in [3.63, 3.8) is 0 Å². The van der Waals surface area contributed by atoms with Crippen LogP contribution in [0.25, 0.3) is 11.6 Å². The Morgan fingerprint density at radius 3 is 2.67 bits per heavy atom. The van der Waals surface area contributed by atoms with Crippen LogP contribution in [0.5, 0.6) is 0 Å². The van der Waals surface area contributed by atoms with Gasteiger partial charge < -0.3 is 16.0 Å². The Balaban J connectivity index is 2.51. The molecule has 0 aliphatic heterocycles. The molecule has 0 aromatic carbocycles. The molecule has 2 rings (SSSR count). The summed E-state index contributed by atoms with van der Waals surface area (Å²) in [7, 11) is 0. The lowest BCUT2D eigenvalue weighted by atomic mass is 9.89. The van der Waals surface area contributed by atoms with Crippen molar-refractivity contribution in [1.29, 1.82) is 0 Å². The maximum atomic E-state index is 14.3. The van der Waals surface area contributed by atoms with Crippen molar-refractivity contribution < 1.29 is 3.89 Å². The summed E-state index contributed by atoms with van der Waals surface area (Å²) in [5.41, 5.74) is 6.22. The Bertz CT molecular complexity index is 957. The second-order valence-electron chi connectivity index (χ2n) is 8.69. The number of aromatic nitrogens is 1. The summed E-state index contributed by atoms with van der Waals surface area (Å²) in [4.78, 5) is 5.25. The Kier molecular flexibility index (Phi) is 10.5. The zero-order valence-corrected chi connectivity index (χ0v) is 21.1. The molecule has 1 heterocycles. The third-order valence-corrected chi connectivity index (χ3v) is 6.06. The van der Waals surface area contributed by atoms with Crippen LogP contribution >= 0.6 is 12.1 Å². The number of pyridine rings is 1. The molecule has 1 aromatic heterocycles. The summed E-state index contributed by atoms with van der Waals surface area (Å²) in [6.45, 7) is 17.5. The standard InChI is InChI=1S/C27H37FN4S/c1-7-11-20(19-30-10-4)22-12-13-31-24(21(22)8-2)16-26(33-28)23-17-27(5,6)18-25(23)32-15-14-29-9-3/h7,9-13,16,19,29-30,32H,3-4,8,14-15,17-18H2,1-2,5-6H3/b11-7-,20-19+,26-16-. The van der Waals surface area contributed by atoms with Crippen LogP contribution in [0, 0.1) is 5.41 Å². The quantitative estimate of drug-likeness (QED) is 0.223. The summed E-state index contributed by atoms with van der Waals surface area (Å²) in [6.07, 6.45) is 15.5. The van der Waals surface area contributed by atoms with Crippen LogP contribution in [-0.4, -0.2) is 18.1 Å². The number of halogens is 1. The van der Waals surface area contributed by atoms with Gasteiger partial charge in [-0.2, -0.15) is 3.89 Å². The van der Waals surface area contributed by atoms with Gasteiger partial charge in [0, 0.05) is 36.1 Å². The van der Waals surface area contributed by atoms with Crippen LogP contribution in [-0.2, 0) is 6.42 Å². The molecule has 0 spiro atoms. The number of nitrogens with zero attached hydrogens (tertiary/aromatic N) is 1. The largest absolute Gasteiger partial charge is 0.390 e. The van der Waals surface area contributed by atoms with Crippen molar-refractivity contribution in [1.82, 2.24) is 20.9 Å². The number of hydrogen-bond donors (Lipinski definition) is 3. The monoisotopic (exact) mass is 468 g/mol. The Hall–Kier alpha value is -2.73. The average Bonchev–Trinajstić information content (AvgIpc) is 3.11. The molecule has 4 nitrogen and oxygen atoms in total. The first-order valence-corrected chi connectivity index (χ1v) is 12.1. The zero-order valence-electron chi connectivity index (χ0n) is 20.3. The Morgan fingerprint density at radius 2 is 2.03 bits per heavy atom. The summed E-state index contributed by atoms with van der Waals surface area (Å²) in [5, 5.41) is 9.68. The maximum Gasteiger partial charge on any atom is 0.0816 e. The fourth-order valence-corrected chi connectivity index (χ4v) is 4.57. The van der Waals surface area contributed by atoms with Gasteiger partial charge in [-0.15, -0.1) is 0 Å². The Morgan fingerprint density at radius 1 is 1.24 bits per heavy atom. The van der Waals surface area contributed by atoms with Crippen LogP contribution in [0.4, 0.5) is 3.89 Å². The summed E-state index contributed by atoms with van der Waals surface area (Å²) < 4.78 is 14.3. The lowest BCUT2D eigenvalue weighted by molar-refractivity contribution is 0.385. The third kappa shape index (κ3) is 7.39. The maximum absolute atomic E-state index is 14.3. The fourth-order valence-electron chi connectivity index (χ4n) is 4.12. The van der Waals surface area contributed by atoms with Gasteiger partial charge in [-0.25, -0.2) is 0 Å². The van der Waals surface area contributed by atoms with Gasteiger partial charge in [-0.05, 0) is 78.4 Å². The van der Waals surface area contributed by atoms with E-state index in [4.69, 9.17) is 0 Å². The van der Waals surface area contributed by atoms with Crippen molar-refractivity contribution in [2.24, 2.45) is 5.41 Å². The van der Waals surface area contributed by atoms with Crippen molar-refractivity contribution >= 4 is 23.8 Å². The summed E-state index contributed by atoms with van der Waals surface area (Å²) in [6, 6.07) is 2.01. The van der Waals surface area contributed by atoms with E-state index in [0.717, 1.165) is 66.0 Å². The highest BCUT2D eigenvalue weighted by molar-refractivity contribution is 7.98. The molecule has 33 heavy (non-hydrogen) atoms. The number of hydrogen-bond acceptors (Lipinski definition) is 5. The van der Waals surface area contributed by atoms with Crippen LogP contribution in [0.2, 0.25) is 0 Å². The first kappa shape index (κ1) is 26.5. The van der Waals surface area contributed by atoms with E-state index in [1.54, 1.807) is 18.6 Å². The molecule has 0 saturated heterocycles. The van der Waals surface area contributed by atoms with Crippen molar-refractivity contribution in [2.45, 2.75) is 47.0 Å². The molecule has 0 bridgehead atoms. The summed E-state index contributed by atoms with van der Waals surface area (Å²) >= 11 is 0.305. The highest BCUT2D eigenvalue weighted by Gasteiger charge is 2.32. The second-order valence-corrected chi connectivity index (χ2v) is 9.29. The van der Waals surface area contributed by atoms with E-state index < -0.39 is 0 Å². The zero-order chi connectivity index (χ0) is 24.3. The van der Waals surface area contributed by atoms with Gasteiger partial charge >= 0.3 is 0 Å². The van der Waals surface area contributed by atoms with E-state index in [-0.39, 0.29) is 5.41 Å². The minimum Gasteiger partial charge on any atom is -0.390 e. The van der Waals surface area contributed by atoms with Crippen molar-refractivity contribution in [2.75, 3.05) is 13.1 Å².